The molecule has 9 nitrogen and oxygen atoms in total. The fraction of sp³-hybridized carbons (Fsp3) is 0.850. The summed E-state index contributed by atoms with van der Waals surface area (Å²) in [4.78, 5) is 14.5. The van der Waals surface area contributed by atoms with E-state index in [0.29, 0.717) is 52.7 Å². The van der Waals surface area contributed by atoms with Crippen LogP contribution in [0, 0.1) is 0 Å². The lowest BCUT2D eigenvalue weighted by atomic mass is 9.89. The number of rotatable bonds is 7. The van der Waals surface area contributed by atoms with Crippen LogP contribution in [0.4, 0.5) is 0 Å². The van der Waals surface area contributed by atoms with E-state index in [1.54, 1.807) is 0 Å². The molecule has 1 spiro atoms. The molecule has 0 saturated carbocycles. The fourth-order valence-corrected chi connectivity index (χ4v) is 4.23. The molecule has 0 bridgehead atoms. The molecule has 0 aromatic carbocycles. The Hall–Kier alpha value is -1.55. The highest BCUT2D eigenvalue weighted by Crippen LogP contribution is 2.34. The molecule has 1 unspecified atom stereocenters. The second-order valence-corrected chi connectivity index (χ2v) is 8.41. The molecule has 1 aromatic rings. The van der Waals surface area contributed by atoms with E-state index in [1.807, 2.05) is 23.4 Å². The molecule has 1 aromatic heterocycles. The Morgan fingerprint density at radius 2 is 2.14 bits per heavy atom. The van der Waals surface area contributed by atoms with Gasteiger partial charge in [-0.2, -0.15) is 0 Å². The Morgan fingerprint density at radius 3 is 2.86 bits per heavy atom. The monoisotopic (exact) mass is 408 g/mol. The Balaban J connectivity index is 1.27. The molecule has 2 fully saturated rings. The third-order valence-electron chi connectivity index (χ3n) is 5.98. The van der Waals surface area contributed by atoms with E-state index in [9.17, 15) is 4.79 Å². The highest BCUT2D eigenvalue weighted by atomic mass is 16.5. The zero-order valence-electron chi connectivity index (χ0n) is 17.5. The predicted molar refractivity (Wildman–Crippen MR) is 103 cm³/mol. The topological polar surface area (TPSA) is 87.9 Å². The Bertz CT molecular complexity index is 693. The minimum Gasteiger partial charge on any atom is -0.376 e. The summed E-state index contributed by atoms with van der Waals surface area (Å²) < 4.78 is 24.9. The number of carbonyl (C=O) groups is 1. The van der Waals surface area contributed by atoms with Crippen molar-refractivity contribution < 1.29 is 23.7 Å². The van der Waals surface area contributed by atoms with E-state index in [0.717, 1.165) is 37.1 Å². The van der Waals surface area contributed by atoms with Crippen LogP contribution < -0.4 is 0 Å². The van der Waals surface area contributed by atoms with Crippen LogP contribution in [0.1, 0.15) is 50.9 Å². The van der Waals surface area contributed by atoms with Gasteiger partial charge >= 0.3 is 0 Å². The van der Waals surface area contributed by atoms with Gasteiger partial charge in [0.15, 0.2) is 0 Å². The molecular weight excluding hydrogens is 376 g/mol. The molecule has 0 N–H and O–H groups in total. The Labute approximate surface area is 171 Å². The summed E-state index contributed by atoms with van der Waals surface area (Å²) in [5, 5.41) is 8.62. The normalized spacial score (nSPS) is 23.7. The SMILES string of the molecule is CC(C)OCCOCc1nnn2c1COC1(CCN(C(=O)C3CCCO3)CC1)C2. The number of fused-ring (bicyclic) bond motifs is 1. The average Bonchev–Trinajstić information content (AvgIpc) is 3.38. The van der Waals surface area contributed by atoms with Gasteiger partial charge in [0.2, 0.25) is 0 Å². The van der Waals surface area contributed by atoms with Crippen LogP contribution in [-0.2, 0) is 43.5 Å². The summed E-state index contributed by atoms with van der Waals surface area (Å²) in [6.07, 6.45) is 3.40. The van der Waals surface area contributed by atoms with Gasteiger partial charge in [-0.1, -0.05) is 5.21 Å². The minimum atomic E-state index is -0.267. The van der Waals surface area contributed by atoms with Gasteiger partial charge < -0.3 is 23.8 Å². The van der Waals surface area contributed by atoms with Crippen LogP contribution >= 0.6 is 0 Å². The van der Waals surface area contributed by atoms with Crippen LogP contribution in [0.5, 0.6) is 0 Å². The summed E-state index contributed by atoms with van der Waals surface area (Å²) in [6.45, 7) is 8.79. The molecular formula is C20H32N4O5. The van der Waals surface area contributed by atoms with E-state index in [1.165, 1.54) is 0 Å². The molecule has 2 saturated heterocycles. The number of amides is 1. The largest absolute Gasteiger partial charge is 0.376 e. The number of carbonyl (C=O) groups excluding carboxylic acids is 1. The molecule has 0 aliphatic carbocycles. The number of piperidine rings is 1. The number of nitrogens with zero attached hydrogens (tertiary/aromatic N) is 4. The van der Waals surface area contributed by atoms with Crippen molar-refractivity contribution in [3.63, 3.8) is 0 Å². The van der Waals surface area contributed by atoms with Crippen molar-refractivity contribution in [2.45, 2.75) is 77.1 Å². The Morgan fingerprint density at radius 1 is 1.31 bits per heavy atom. The van der Waals surface area contributed by atoms with Gasteiger partial charge in [-0.05, 0) is 39.5 Å². The molecule has 162 valence electrons. The van der Waals surface area contributed by atoms with E-state index in [-0.39, 0.29) is 23.7 Å². The van der Waals surface area contributed by atoms with Crippen molar-refractivity contribution in [2.24, 2.45) is 0 Å². The first-order valence-electron chi connectivity index (χ1n) is 10.7. The number of hydrogen-bond acceptors (Lipinski definition) is 7. The first-order valence-corrected chi connectivity index (χ1v) is 10.7. The van der Waals surface area contributed by atoms with Gasteiger partial charge in [0, 0.05) is 19.7 Å². The number of hydrogen-bond donors (Lipinski definition) is 0. The fourth-order valence-electron chi connectivity index (χ4n) is 4.23. The van der Waals surface area contributed by atoms with E-state index in [4.69, 9.17) is 18.9 Å². The van der Waals surface area contributed by atoms with Crippen molar-refractivity contribution in [1.29, 1.82) is 0 Å². The maximum absolute atomic E-state index is 12.6. The smallest absolute Gasteiger partial charge is 0.251 e. The van der Waals surface area contributed by atoms with Gasteiger partial charge in [-0.25, -0.2) is 4.68 Å². The molecule has 4 rings (SSSR count). The standard InChI is InChI=1S/C20H32N4O5/c1-15(2)27-11-10-26-12-16-17-13-29-20(14-24(17)22-21-16)5-7-23(8-6-20)19(25)18-4-3-9-28-18/h15,18H,3-14H2,1-2H3. The summed E-state index contributed by atoms with van der Waals surface area (Å²) in [6, 6.07) is 0. The summed E-state index contributed by atoms with van der Waals surface area (Å²) in [5.74, 6) is 0.135. The maximum atomic E-state index is 12.6. The molecule has 3 aliphatic heterocycles. The third-order valence-corrected chi connectivity index (χ3v) is 5.98. The Kier molecular flexibility index (Phi) is 6.48. The van der Waals surface area contributed by atoms with Crippen LogP contribution in [0.2, 0.25) is 0 Å². The van der Waals surface area contributed by atoms with Crippen LogP contribution in [0.25, 0.3) is 0 Å². The number of aromatic nitrogens is 3. The molecule has 4 heterocycles. The van der Waals surface area contributed by atoms with Gasteiger partial charge in [-0.3, -0.25) is 4.79 Å². The molecule has 1 amide bonds. The van der Waals surface area contributed by atoms with Gasteiger partial charge in [0.25, 0.3) is 5.91 Å². The van der Waals surface area contributed by atoms with E-state index in [2.05, 4.69) is 10.3 Å². The summed E-state index contributed by atoms with van der Waals surface area (Å²) in [5.41, 5.74) is 1.55. The van der Waals surface area contributed by atoms with E-state index >= 15 is 0 Å². The molecule has 0 radical (unpaired) electrons. The van der Waals surface area contributed by atoms with Crippen LogP contribution in [-0.4, -0.2) is 76.5 Å². The summed E-state index contributed by atoms with van der Waals surface area (Å²) >= 11 is 0. The van der Waals surface area contributed by atoms with Crippen molar-refractivity contribution in [3.05, 3.63) is 11.4 Å². The lowest BCUT2D eigenvalue weighted by Crippen LogP contribution is -2.53. The highest BCUT2D eigenvalue weighted by molar-refractivity contribution is 5.81. The first-order chi connectivity index (χ1) is 14.1. The quantitative estimate of drug-likeness (QED) is 0.628. The van der Waals surface area contributed by atoms with Crippen molar-refractivity contribution in [2.75, 3.05) is 32.9 Å². The predicted octanol–water partition coefficient (Wildman–Crippen LogP) is 1.29. The first kappa shape index (κ1) is 20.7. The van der Waals surface area contributed by atoms with Gasteiger partial charge in [-0.15, -0.1) is 5.10 Å². The molecule has 1 atom stereocenters. The van der Waals surface area contributed by atoms with Gasteiger partial charge in [0.1, 0.15) is 11.8 Å². The van der Waals surface area contributed by atoms with Crippen LogP contribution in [0.3, 0.4) is 0 Å². The second kappa shape index (κ2) is 9.07. The lowest BCUT2D eigenvalue weighted by molar-refractivity contribution is -0.153. The second-order valence-electron chi connectivity index (χ2n) is 8.41. The summed E-state index contributed by atoms with van der Waals surface area (Å²) in [7, 11) is 0. The minimum absolute atomic E-state index is 0.135. The third kappa shape index (κ3) is 4.79. The number of likely N-dealkylation sites (tertiary alicyclic amines) is 1. The van der Waals surface area contributed by atoms with Gasteiger partial charge in [0.05, 0.1) is 50.4 Å². The zero-order chi connectivity index (χ0) is 20.3. The number of ether oxygens (including phenoxy) is 4. The molecule has 3 aliphatic rings. The van der Waals surface area contributed by atoms with Crippen LogP contribution in [0.15, 0.2) is 0 Å². The molecule has 29 heavy (non-hydrogen) atoms. The zero-order valence-corrected chi connectivity index (χ0v) is 17.5. The van der Waals surface area contributed by atoms with Crippen molar-refractivity contribution in [3.8, 4) is 0 Å². The molecule has 9 heteroatoms. The van der Waals surface area contributed by atoms with E-state index < -0.39 is 0 Å². The average molecular weight is 408 g/mol. The lowest BCUT2D eigenvalue weighted by Gasteiger charge is -2.44. The maximum Gasteiger partial charge on any atom is 0.251 e. The highest BCUT2D eigenvalue weighted by Gasteiger charge is 2.42. The van der Waals surface area contributed by atoms with Crippen molar-refractivity contribution in [1.82, 2.24) is 19.9 Å². The van der Waals surface area contributed by atoms with Crippen molar-refractivity contribution >= 4 is 5.91 Å².